The van der Waals surface area contributed by atoms with Crippen LogP contribution in [-0.2, 0) is 27.4 Å². The minimum atomic E-state index is -5.16. The van der Waals surface area contributed by atoms with Gasteiger partial charge in [0.25, 0.3) is 0 Å². The first-order chi connectivity index (χ1) is 15.5. The molecule has 0 aromatic heterocycles. The third kappa shape index (κ3) is 4.84. The normalized spacial score (nSPS) is 20.8. The molecule has 1 aliphatic carbocycles. The van der Waals surface area contributed by atoms with Crippen LogP contribution >= 0.6 is 0 Å². The van der Waals surface area contributed by atoms with Crippen molar-refractivity contribution in [1.82, 2.24) is 0 Å². The fraction of sp³-hybridized carbons (Fsp3) is 0.522. The Morgan fingerprint density at radius 3 is 2.45 bits per heavy atom. The number of carbonyl (C=O) groups excluding carboxylic acids is 2. The molecule has 0 spiro atoms. The maximum absolute atomic E-state index is 13.0. The summed E-state index contributed by atoms with van der Waals surface area (Å²) in [5.41, 5.74) is 1.47. The molecule has 3 rings (SSSR count). The minimum absolute atomic E-state index is 0.0344. The second-order valence-electron chi connectivity index (χ2n) is 8.38. The predicted molar refractivity (Wildman–Crippen MR) is 112 cm³/mol. The molecule has 1 aromatic rings. The number of benzene rings is 1. The Bertz CT molecular complexity index is 1010. The van der Waals surface area contributed by atoms with Gasteiger partial charge in [-0.1, -0.05) is 24.5 Å². The number of hydrogen-bond donors (Lipinski definition) is 2. The Morgan fingerprint density at radius 1 is 1.24 bits per heavy atom. The topological polar surface area (TPSA) is 102 Å². The van der Waals surface area contributed by atoms with E-state index in [1.54, 1.807) is 19.9 Å². The lowest BCUT2D eigenvalue weighted by atomic mass is 9.75. The molecule has 0 bridgehead atoms. The van der Waals surface area contributed by atoms with Gasteiger partial charge in [0.05, 0.1) is 24.3 Å². The van der Waals surface area contributed by atoms with Gasteiger partial charge in [-0.3, -0.25) is 9.59 Å². The Balaban J connectivity index is 2.08. The van der Waals surface area contributed by atoms with Gasteiger partial charge in [0.2, 0.25) is 0 Å². The summed E-state index contributed by atoms with van der Waals surface area (Å²) in [7, 11) is 1.35. The molecule has 0 radical (unpaired) electrons. The number of alkyl halides is 3. The minimum Gasteiger partial charge on any atom is -0.496 e. The first-order valence-corrected chi connectivity index (χ1v) is 10.6. The monoisotopic (exact) mass is 469 g/mol. The second-order valence-corrected chi connectivity index (χ2v) is 8.38. The summed E-state index contributed by atoms with van der Waals surface area (Å²) in [4.78, 5) is 35.8. The zero-order valence-electron chi connectivity index (χ0n) is 18.6. The number of rotatable bonds is 6. The van der Waals surface area contributed by atoms with Crippen LogP contribution in [0.1, 0.15) is 59.7 Å². The van der Waals surface area contributed by atoms with Crippen molar-refractivity contribution in [1.29, 1.82) is 0 Å². The third-order valence-electron chi connectivity index (χ3n) is 6.47. The zero-order chi connectivity index (χ0) is 24.5. The molecular formula is C23H26F3NO6. The SMILES string of the molecule is COc1c(C)c2c(c(NC(=O)C(F)(F)F)c1C/C=C(\C)C1CCCCC1C(=O)O)C(=O)OC2. The molecule has 1 amide bonds. The number of cyclic esters (lactones) is 1. The molecule has 2 unspecified atom stereocenters. The summed E-state index contributed by atoms with van der Waals surface area (Å²) < 4.78 is 49.6. The van der Waals surface area contributed by atoms with Gasteiger partial charge in [-0.2, -0.15) is 13.2 Å². The third-order valence-corrected chi connectivity index (χ3v) is 6.47. The number of carboxylic acids is 1. The molecule has 1 aliphatic heterocycles. The Hall–Kier alpha value is -3.04. The Morgan fingerprint density at radius 2 is 1.88 bits per heavy atom. The summed E-state index contributed by atoms with van der Waals surface area (Å²) in [5, 5.41) is 11.4. The summed E-state index contributed by atoms with van der Waals surface area (Å²) in [5.74, 6) is -4.40. The molecule has 7 nitrogen and oxygen atoms in total. The van der Waals surface area contributed by atoms with Gasteiger partial charge >= 0.3 is 24.0 Å². The predicted octanol–water partition coefficient (Wildman–Crippen LogP) is 4.55. The number of carboxylic acid groups (broad SMARTS) is 1. The molecule has 2 atom stereocenters. The van der Waals surface area contributed by atoms with Gasteiger partial charge in [-0.25, -0.2) is 4.79 Å². The largest absolute Gasteiger partial charge is 0.496 e. The van der Waals surface area contributed by atoms with Gasteiger partial charge < -0.3 is 19.9 Å². The number of aliphatic carboxylic acids is 1. The van der Waals surface area contributed by atoms with E-state index in [1.165, 1.54) is 7.11 Å². The van der Waals surface area contributed by atoms with E-state index in [9.17, 15) is 32.7 Å². The van der Waals surface area contributed by atoms with Crippen LogP contribution in [0.15, 0.2) is 11.6 Å². The highest BCUT2D eigenvalue weighted by atomic mass is 19.4. The highest BCUT2D eigenvalue weighted by Crippen LogP contribution is 2.42. The number of carbonyl (C=O) groups is 3. The standard InChI is InChI=1S/C23H26F3NO6/c1-11(13-6-4-5-7-14(13)20(28)29)8-9-15-18(27-22(31)23(24,25)26)17-16(10-33-21(17)30)12(2)19(15)32-3/h8,13-14H,4-7,9-10H2,1-3H3,(H,27,31)(H,28,29)/b11-8+. The van der Waals surface area contributed by atoms with E-state index in [-0.39, 0.29) is 41.5 Å². The first-order valence-electron chi connectivity index (χ1n) is 10.6. The summed E-state index contributed by atoms with van der Waals surface area (Å²) >= 11 is 0. The fourth-order valence-electron chi connectivity index (χ4n) is 4.76. The van der Waals surface area contributed by atoms with Crippen molar-refractivity contribution < 1.29 is 42.1 Å². The van der Waals surface area contributed by atoms with Gasteiger partial charge in [0.15, 0.2) is 0 Å². The smallest absolute Gasteiger partial charge is 0.471 e. The zero-order valence-corrected chi connectivity index (χ0v) is 18.6. The maximum atomic E-state index is 13.0. The molecule has 1 fully saturated rings. The molecule has 1 saturated carbocycles. The summed E-state index contributed by atoms with van der Waals surface area (Å²) in [6.45, 7) is 3.32. The lowest BCUT2D eigenvalue weighted by Gasteiger charge is -2.29. The van der Waals surface area contributed by atoms with Crippen molar-refractivity contribution in [2.75, 3.05) is 12.4 Å². The van der Waals surface area contributed by atoms with E-state index in [4.69, 9.17) is 9.47 Å². The average Bonchev–Trinajstić information content (AvgIpc) is 3.15. The molecule has 2 aliphatic rings. The van der Waals surface area contributed by atoms with Crippen LogP contribution < -0.4 is 10.1 Å². The number of amides is 1. The van der Waals surface area contributed by atoms with Crippen molar-refractivity contribution in [3.63, 3.8) is 0 Å². The number of halogens is 3. The van der Waals surface area contributed by atoms with Crippen molar-refractivity contribution in [3.8, 4) is 5.75 Å². The van der Waals surface area contributed by atoms with Crippen molar-refractivity contribution in [2.45, 2.75) is 58.7 Å². The van der Waals surface area contributed by atoms with Gasteiger partial charge in [-0.15, -0.1) is 0 Å². The van der Waals surface area contributed by atoms with Crippen LogP contribution in [-0.4, -0.2) is 36.2 Å². The molecular weight excluding hydrogens is 443 g/mol. The van der Waals surface area contributed by atoms with Crippen LogP contribution in [0.4, 0.5) is 18.9 Å². The average molecular weight is 469 g/mol. The molecule has 180 valence electrons. The van der Waals surface area contributed by atoms with E-state index in [2.05, 4.69) is 0 Å². The fourth-order valence-corrected chi connectivity index (χ4v) is 4.76. The molecule has 1 heterocycles. The van der Waals surface area contributed by atoms with E-state index in [0.717, 1.165) is 18.4 Å². The summed E-state index contributed by atoms with van der Waals surface area (Å²) in [6, 6.07) is 0. The molecule has 0 saturated heterocycles. The van der Waals surface area contributed by atoms with Crippen molar-refractivity contribution in [2.24, 2.45) is 11.8 Å². The van der Waals surface area contributed by atoms with Crippen molar-refractivity contribution in [3.05, 3.63) is 33.9 Å². The Kier molecular flexibility index (Phi) is 7.04. The number of allylic oxidation sites excluding steroid dienone is 2. The van der Waals surface area contributed by atoms with Crippen LogP contribution in [0, 0.1) is 18.8 Å². The van der Waals surface area contributed by atoms with E-state index in [1.807, 2.05) is 5.32 Å². The number of ether oxygens (including phenoxy) is 2. The Labute approximate surface area is 188 Å². The second kappa shape index (κ2) is 9.44. The highest BCUT2D eigenvalue weighted by molar-refractivity contribution is 6.07. The number of nitrogens with one attached hydrogen (secondary N) is 1. The quantitative estimate of drug-likeness (QED) is 0.468. The number of fused-ring (bicyclic) bond motifs is 1. The number of methoxy groups -OCH3 is 1. The maximum Gasteiger partial charge on any atom is 0.471 e. The van der Waals surface area contributed by atoms with Gasteiger partial charge in [0.1, 0.15) is 12.4 Å². The number of hydrogen-bond acceptors (Lipinski definition) is 5. The van der Waals surface area contributed by atoms with E-state index < -0.39 is 29.9 Å². The van der Waals surface area contributed by atoms with Gasteiger partial charge in [-0.05, 0) is 44.6 Å². The van der Waals surface area contributed by atoms with E-state index in [0.29, 0.717) is 24.0 Å². The number of anilines is 1. The lowest BCUT2D eigenvalue weighted by molar-refractivity contribution is -0.167. The van der Waals surface area contributed by atoms with Crippen LogP contribution in [0.25, 0.3) is 0 Å². The molecule has 1 aromatic carbocycles. The lowest BCUT2D eigenvalue weighted by Crippen LogP contribution is -2.31. The van der Waals surface area contributed by atoms with Crippen LogP contribution in [0.3, 0.4) is 0 Å². The molecule has 10 heteroatoms. The molecule has 2 N–H and O–H groups in total. The van der Waals surface area contributed by atoms with E-state index >= 15 is 0 Å². The summed E-state index contributed by atoms with van der Waals surface area (Å²) in [6.07, 6.45) is -0.415. The number of esters is 1. The van der Waals surface area contributed by atoms with Crippen molar-refractivity contribution >= 4 is 23.5 Å². The highest BCUT2D eigenvalue weighted by Gasteiger charge is 2.41. The van der Waals surface area contributed by atoms with Crippen LogP contribution in [0.2, 0.25) is 0 Å². The van der Waals surface area contributed by atoms with Crippen LogP contribution in [0.5, 0.6) is 5.75 Å². The molecule has 33 heavy (non-hydrogen) atoms. The van der Waals surface area contributed by atoms with Gasteiger partial charge in [0, 0.05) is 11.1 Å². The first kappa shape index (κ1) is 24.6.